The summed E-state index contributed by atoms with van der Waals surface area (Å²) in [6, 6.07) is -0.0181. The monoisotopic (exact) mass is 215 g/mol. The van der Waals surface area contributed by atoms with Gasteiger partial charge in [0.05, 0.1) is 18.8 Å². The van der Waals surface area contributed by atoms with E-state index in [1.807, 2.05) is 20.8 Å². The first-order valence-electron chi connectivity index (χ1n) is 5.36. The average molecular weight is 215 g/mol. The highest BCUT2D eigenvalue weighted by Crippen LogP contribution is 2.16. The van der Waals surface area contributed by atoms with Crippen molar-refractivity contribution in [2.45, 2.75) is 39.3 Å². The molecule has 0 unspecified atom stereocenters. The van der Waals surface area contributed by atoms with E-state index in [2.05, 4.69) is 5.32 Å². The number of amides is 1. The van der Waals surface area contributed by atoms with Gasteiger partial charge in [0.2, 0.25) is 5.91 Å². The van der Waals surface area contributed by atoms with Gasteiger partial charge >= 0.3 is 0 Å². The second-order valence-corrected chi connectivity index (χ2v) is 4.97. The third kappa shape index (κ3) is 3.47. The summed E-state index contributed by atoms with van der Waals surface area (Å²) in [4.78, 5) is 11.8. The van der Waals surface area contributed by atoms with E-state index < -0.39 is 0 Å². The Morgan fingerprint density at radius 1 is 1.47 bits per heavy atom. The number of rotatable bonds is 2. The van der Waals surface area contributed by atoms with Gasteiger partial charge in [0.1, 0.15) is 0 Å². The standard InChI is InChI=1S/C11H21NO3/c1-11(2,3)10(13)12-8-7-15-6-5-9(8)14-4/h8-9H,5-7H2,1-4H3,(H,12,13)/t8-,9-/m1/s1. The van der Waals surface area contributed by atoms with Crippen LogP contribution >= 0.6 is 0 Å². The Morgan fingerprint density at radius 2 is 2.13 bits per heavy atom. The van der Waals surface area contributed by atoms with Crippen LogP contribution in [0.25, 0.3) is 0 Å². The van der Waals surface area contributed by atoms with Gasteiger partial charge in [-0.15, -0.1) is 0 Å². The van der Waals surface area contributed by atoms with Crippen molar-refractivity contribution in [3.05, 3.63) is 0 Å². The van der Waals surface area contributed by atoms with Gasteiger partial charge in [-0.05, 0) is 6.42 Å². The molecule has 1 rings (SSSR count). The maximum absolute atomic E-state index is 11.8. The minimum Gasteiger partial charge on any atom is -0.379 e. The fourth-order valence-electron chi connectivity index (χ4n) is 1.52. The lowest BCUT2D eigenvalue weighted by atomic mass is 9.94. The second-order valence-electron chi connectivity index (χ2n) is 4.97. The minimum absolute atomic E-state index is 0.0181. The van der Waals surface area contributed by atoms with E-state index in [-0.39, 0.29) is 23.5 Å². The van der Waals surface area contributed by atoms with Crippen molar-refractivity contribution in [1.82, 2.24) is 5.32 Å². The predicted octanol–water partition coefficient (Wildman–Crippen LogP) is 0.953. The van der Waals surface area contributed by atoms with Crippen LogP contribution in [0.2, 0.25) is 0 Å². The highest BCUT2D eigenvalue weighted by molar-refractivity contribution is 5.81. The smallest absolute Gasteiger partial charge is 0.225 e. The van der Waals surface area contributed by atoms with Crippen molar-refractivity contribution in [1.29, 1.82) is 0 Å². The van der Waals surface area contributed by atoms with Crippen LogP contribution in [0.5, 0.6) is 0 Å². The Kier molecular flexibility index (Phi) is 4.11. The number of nitrogens with one attached hydrogen (secondary N) is 1. The first-order valence-corrected chi connectivity index (χ1v) is 5.36. The van der Waals surface area contributed by atoms with Crippen LogP contribution in [0.3, 0.4) is 0 Å². The molecular weight excluding hydrogens is 194 g/mol. The summed E-state index contributed by atoms with van der Waals surface area (Å²) < 4.78 is 10.7. The Balaban J connectivity index is 2.52. The van der Waals surface area contributed by atoms with Crippen LogP contribution in [0.1, 0.15) is 27.2 Å². The summed E-state index contributed by atoms with van der Waals surface area (Å²) >= 11 is 0. The van der Waals surface area contributed by atoms with Gasteiger partial charge in [0.15, 0.2) is 0 Å². The van der Waals surface area contributed by atoms with Gasteiger partial charge in [-0.1, -0.05) is 20.8 Å². The van der Waals surface area contributed by atoms with Crippen molar-refractivity contribution in [3.63, 3.8) is 0 Å². The molecule has 1 aliphatic rings. The number of methoxy groups -OCH3 is 1. The largest absolute Gasteiger partial charge is 0.379 e. The van der Waals surface area contributed by atoms with Crippen molar-refractivity contribution < 1.29 is 14.3 Å². The molecule has 0 aliphatic carbocycles. The van der Waals surface area contributed by atoms with E-state index in [0.29, 0.717) is 13.2 Å². The molecule has 4 nitrogen and oxygen atoms in total. The molecule has 1 fully saturated rings. The number of carbonyl (C=O) groups is 1. The zero-order valence-corrected chi connectivity index (χ0v) is 10.0. The SMILES string of the molecule is CO[C@@H]1CCOC[C@H]1NC(=O)C(C)(C)C. The van der Waals surface area contributed by atoms with Gasteiger partial charge < -0.3 is 14.8 Å². The highest BCUT2D eigenvalue weighted by atomic mass is 16.5. The maximum Gasteiger partial charge on any atom is 0.225 e. The fraction of sp³-hybridized carbons (Fsp3) is 0.909. The third-order valence-electron chi connectivity index (χ3n) is 2.59. The number of hydrogen-bond acceptors (Lipinski definition) is 3. The lowest BCUT2D eigenvalue weighted by Gasteiger charge is -2.33. The quantitative estimate of drug-likeness (QED) is 0.746. The highest BCUT2D eigenvalue weighted by Gasteiger charge is 2.30. The Labute approximate surface area is 91.3 Å². The van der Waals surface area contributed by atoms with Crippen molar-refractivity contribution >= 4 is 5.91 Å². The van der Waals surface area contributed by atoms with E-state index in [1.54, 1.807) is 7.11 Å². The van der Waals surface area contributed by atoms with Crippen LogP contribution in [0.4, 0.5) is 0 Å². The lowest BCUT2D eigenvalue weighted by Crippen LogP contribution is -2.52. The number of ether oxygens (including phenoxy) is 2. The zero-order chi connectivity index (χ0) is 11.5. The molecule has 1 N–H and O–H groups in total. The molecule has 0 aromatic heterocycles. The van der Waals surface area contributed by atoms with Crippen LogP contribution in [-0.2, 0) is 14.3 Å². The van der Waals surface area contributed by atoms with E-state index in [9.17, 15) is 4.79 Å². The molecule has 15 heavy (non-hydrogen) atoms. The van der Waals surface area contributed by atoms with Crippen molar-refractivity contribution in [2.75, 3.05) is 20.3 Å². The molecule has 4 heteroatoms. The zero-order valence-electron chi connectivity index (χ0n) is 10.0. The molecule has 0 saturated carbocycles. The summed E-state index contributed by atoms with van der Waals surface area (Å²) in [6.07, 6.45) is 0.913. The van der Waals surface area contributed by atoms with Crippen LogP contribution in [0, 0.1) is 5.41 Å². The predicted molar refractivity (Wildman–Crippen MR) is 57.6 cm³/mol. The normalized spacial score (nSPS) is 27.5. The van der Waals surface area contributed by atoms with E-state index in [1.165, 1.54) is 0 Å². The maximum atomic E-state index is 11.8. The number of hydrogen-bond donors (Lipinski definition) is 1. The second kappa shape index (κ2) is 4.94. The van der Waals surface area contributed by atoms with Gasteiger partial charge in [0.25, 0.3) is 0 Å². The molecule has 0 bridgehead atoms. The van der Waals surface area contributed by atoms with Crippen LogP contribution in [-0.4, -0.2) is 38.4 Å². The Morgan fingerprint density at radius 3 is 2.67 bits per heavy atom. The molecule has 1 saturated heterocycles. The fourth-order valence-corrected chi connectivity index (χ4v) is 1.52. The Hall–Kier alpha value is -0.610. The van der Waals surface area contributed by atoms with Gasteiger partial charge in [-0.25, -0.2) is 0 Å². The van der Waals surface area contributed by atoms with Gasteiger partial charge in [-0.2, -0.15) is 0 Å². The van der Waals surface area contributed by atoms with Gasteiger partial charge in [-0.3, -0.25) is 4.79 Å². The molecule has 1 amide bonds. The first-order chi connectivity index (χ1) is 6.95. The summed E-state index contributed by atoms with van der Waals surface area (Å²) in [5.41, 5.74) is -0.365. The molecular formula is C11H21NO3. The average Bonchev–Trinajstić information content (AvgIpc) is 2.17. The van der Waals surface area contributed by atoms with E-state index in [0.717, 1.165) is 6.42 Å². The molecule has 2 atom stereocenters. The molecule has 0 spiro atoms. The molecule has 1 heterocycles. The van der Waals surface area contributed by atoms with Crippen LogP contribution < -0.4 is 5.32 Å². The molecule has 0 radical (unpaired) electrons. The molecule has 0 aromatic carbocycles. The minimum atomic E-state index is -0.365. The molecule has 88 valence electrons. The van der Waals surface area contributed by atoms with Crippen LogP contribution in [0.15, 0.2) is 0 Å². The van der Waals surface area contributed by atoms with Crippen molar-refractivity contribution in [3.8, 4) is 0 Å². The lowest BCUT2D eigenvalue weighted by molar-refractivity contribution is -0.132. The molecule has 0 aromatic rings. The summed E-state index contributed by atoms with van der Waals surface area (Å²) in [5, 5.41) is 2.97. The Bertz CT molecular complexity index is 222. The summed E-state index contributed by atoms with van der Waals surface area (Å²) in [6.45, 7) is 6.94. The van der Waals surface area contributed by atoms with Crippen molar-refractivity contribution in [2.24, 2.45) is 5.41 Å². The number of carbonyl (C=O) groups excluding carboxylic acids is 1. The van der Waals surface area contributed by atoms with E-state index in [4.69, 9.17) is 9.47 Å². The summed E-state index contributed by atoms with van der Waals surface area (Å²) in [7, 11) is 1.67. The first kappa shape index (κ1) is 12.5. The summed E-state index contributed by atoms with van der Waals surface area (Å²) in [5.74, 6) is 0.0417. The van der Waals surface area contributed by atoms with E-state index >= 15 is 0 Å². The van der Waals surface area contributed by atoms with Gasteiger partial charge in [0, 0.05) is 19.1 Å². The molecule has 1 aliphatic heterocycles. The third-order valence-corrected chi connectivity index (χ3v) is 2.59. The topological polar surface area (TPSA) is 47.6 Å².